The van der Waals surface area contributed by atoms with Crippen LogP contribution in [0.5, 0.6) is 0 Å². The SMILES string of the molecule is [2H]c1c([2H])c([2H])c2c(c1[2H])c1c([2H])c([2H])c([2H])c([2H])c1n2-c1nc(-n2c3c([2H])c([2H])c([2H])c([2H])c3c3c([2H])c(C)c([2H])c([2H])c32)nc(-n2c3c([2H])c([2H])c([2H])c([2H])c3c3c([2H])c([2H])c([2H])c(-n4c5c([2H])c([2H])c([2H])c([2H])c5c5c([2H])c([2H])c([2H])c([2H])c54)c32)n1. The second kappa shape index (κ2) is 12.0. The number of fused-ring (bicyclic) bond motifs is 12. The minimum atomic E-state index is -1.07. The Kier molecular flexibility index (Phi) is 2.99. The zero-order chi connectivity index (χ0) is 64.9. The zero-order valence-corrected chi connectivity index (χ0v) is 29.6. The van der Waals surface area contributed by atoms with E-state index in [-0.39, 0.29) is 10.9 Å². The van der Waals surface area contributed by atoms with Crippen molar-refractivity contribution in [2.75, 3.05) is 0 Å². The fourth-order valence-electron chi connectivity index (χ4n) is 7.63. The molecule has 0 fully saturated rings. The van der Waals surface area contributed by atoms with E-state index in [1.807, 2.05) is 0 Å². The standard InChI is InChI=1S/C52H33N7/c1-32-29-30-47-40(31-32)38-20-7-12-26-45(38)58(47)51-53-50(57-43-24-10-4-17-35(43)36-18-5-11-25-44(36)57)54-52(55-51)59-46-27-13-6-19-37(46)39-21-14-28-48(49(39)59)56-41-22-8-2-15-33(41)34-16-3-9-23-42(34)56/h2-31H,1H3/i2D,3D,4D,5D,6D,7D,8D,9D,10D,11D,12D,13D,14D,15D,16D,17D,18D,19D,20D,21D,22D,23D,24D,25D,26D,27D,28D,29D,30D,31D. The summed E-state index contributed by atoms with van der Waals surface area (Å²) in [6.45, 7) is 1.31. The molecule has 0 bridgehead atoms. The molecule has 13 rings (SSSR count). The van der Waals surface area contributed by atoms with Crippen LogP contribution in [0.1, 0.15) is 46.7 Å². The highest BCUT2D eigenvalue weighted by Crippen LogP contribution is 2.40. The summed E-state index contributed by atoms with van der Waals surface area (Å²) < 4.78 is 278. The average Bonchev–Trinajstić information content (AvgIpc) is 1.54. The van der Waals surface area contributed by atoms with Crippen LogP contribution in [-0.2, 0) is 0 Å². The molecule has 0 amide bonds. The van der Waals surface area contributed by atoms with E-state index in [2.05, 4.69) is 0 Å². The number of benzene rings is 8. The first-order valence-electron chi connectivity index (χ1n) is 32.5. The summed E-state index contributed by atoms with van der Waals surface area (Å²) in [7, 11) is 0. The minimum absolute atomic E-state index is 0.141. The monoisotopic (exact) mass is 785 g/mol. The third kappa shape index (κ3) is 4.44. The summed E-state index contributed by atoms with van der Waals surface area (Å²) in [5.41, 5.74) is -6.25. The molecule has 0 unspecified atom stereocenters. The third-order valence-corrected chi connectivity index (χ3v) is 9.97. The minimum Gasteiger partial charge on any atom is -0.307 e. The van der Waals surface area contributed by atoms with Crippen LogP contribution in [-0.4, -0.2) is 33.2 Å². The van der Waals surface area contributed by atoms with E-state index in [0.29, 0.717) is 0 Å². The largest absolute Gasteiger partial charge is 0.307 e. The number of rotatable bonds is 4. The van der Waals surface area contributed by atoms with E-state index in [0.717, 1.165) is 18.3 Å². The maximum Gasteiger partial charge on any atom is 0.241 e. The molecule has 0 aliphatic heterocycles. The molecule has 59 heavy (non-hydrogen) atoms. The lowest BCUT2D eigenvalue weighted by atomic mass is 10.1. The van der Waals surface area contributed by atoms with Crippen molar-refractivity contribution in [3.05, 3.63) is 187 Å². The Labute approximate surface area is 379 Å². The number of hydrogen-bond donors (Lipinski definition) is 0. The third-order valence-electron chi connectivity index (χ3n) is 9.97. The second-order valence-corrected chi connectivity index (χ2v) is 13.1. The summed E-state index contributed by atoms with van der Waals surface area (Å²) >= 11 is 0. The lowest BCUT2D eigenvalue weighted by Gasteiger charge is -2.16. The molecule has 5 aromatic heterocycles. The lowest BCUT2D eigenvalue weighted by molar-refractivity contribution is 0.847. The van der Waals surface area contributed by atoms with Gasteiger partial charge in [0.25, 0.3) is 0 Å². The summed E-state index contributed by atoms with van der Waals surface area (Å²) in [5, 5.41) is -4.31. The highest BCUT2D eigenvalue weighted by molar-refractivity contribution is 6.15. The Bertz CT molecular complexity index is 5230. The zero-order valence-electron chi connectivity index (χ0n) is 59.6. The van der Waals surface area contributed by atoms with Crippen LogP contribution in [0.25, 0.3) is 111 Å². The van der Waals surface area contributed by atoms with Crippen LogP contribution in [0.3, 0.4) is 0 Å². The molecule has 8 aromatic carbocycles. The average molecular weight is 786 g/mol. The molecule has 5 heterocycles. The summed E-state index contributed by atoms with van der Waals surface area (Å²) in [6, 6.07) is -26.6. The van der Waals surface area contributed by atoms with Crippen LogP contribution in [0.15, 0.2) is 181 Å². The van der Waals surface area contributed by atoms with Gasteiger partial charge in [0.05, 0.1) is 90.9 Å². The quantitative estimate of drug-likeness (QED) is 0.179. The van der Waals surface area contributed by atoms with Gasteiger partial charge in [0.2, 0.25) is 17.8 Å². The number of nitrogens with zero attached hydrogens (tertiary/aromatic N) is 7. The Morgan fingerprint density at radius 1 is 0.322 bits per heavy atom. The van der Waals surface area contributed by atoms with E-state index in [1.54, 1.807) is 0 Å². The Hall–Kier alpha value is -8.03. The van der Waals surface area contributed by atoms with E-state index in [1.165, 1.54) is 6.92 Å². The highest BCUT2D eigenvalue weighted by Gasteiger charge is 2.25. The van der Waals surface area contributed by atoms with Crippen LogP contribution in [0, 0.1) is 6.92 Å². The van der Waals surface area contributed by atoms with Gasteiger partial charge in [-0.25, -0.2) is 0 Å². The van der Waals surface area contributed by atoms with Crippen molar-refractivity contribution in [2.24, 2.45) is 0 Å². The van der Waals surface area contributed by atoms with Gasteiger partial charge in [-0.2, -0.15) is 15.0 Å². The van der Waals surface area contributed by atoms with Crippen LogP contribution in [0.2, 0.25) is 0 Å². The first-order chi connectivity index (χ1) is 41.7. The van der Waals surface area contributed by atoms with Gasteiger partial charge in [0.1, 0.15) is 0 Å². The van der Waals surface area contributed by atoms with Crippen LogP contribution >= 0.6 is 0 Å². The topological polar surface area (TPSA) is 58.4 Å². The highest BCUT2D eigenvalue weighted by atomic mass is 15.3. The molecule has 0 radical (unpaired) electrons. The fraction of sp³-hybridized carbons (Fsp3) is 0.0192. The fourth-order valence-corrected chi connectivity index (χ4v) is 7.63. The molecule has 0 saturated heterocycles. The molecule has 13 aromatic rings. The summed E-state index contributed by atoms with van der Waals surface area (Å²) in [6.07, 6.45) is 0. The second-order valence-electron chi connectivity index (χ2n) is 13.1. The molecule has 0 atom stereocenters. The van der Waals surface area contributed by atoms with E-state index >= 15 is 0 Å². The van der Waals surface area contributed by atoms with Crippen LogP contribution in [0.4, 0.5) is 0 Å². The maximum atomic E-state index is 9.88. The molecular weight excluding hydrogens is 723 g/mol. The molecule has 7 heteroatoms. The van der Waals surface area contributed by atoms with Crippen LogP contribution < -0.4 is 0 Å². The first-order valence-corrected chi connectivity index (χ1v) is 17.5. The predicted octanol–water partition coefficient (Wildman–Crippen LogP) is 12.6. The van der Waals surface area contributed by atoms with Crippen molar-refractivity contribution in [2.45, 2.75) is 6.92 Å². The van der Waals surface area contributed by atoms with E-state index in [9.17, 15) is 23.3 Å². The number of para-hydroxylation sites is 7. The van der Waals surface area contributed by atoms with E-state index in [4.69, 9.17) is 32.8 Å². The summed E-state index contributed by atoms with van der Waals surface area (Å²) in [5.74, 6) is -2.91. The van der Waals surface area contributed by atoms with Crippen molar-refractivity contribution in [1.82, 2.24) is 33.2 Å². The normalized spacial score (nSPS) is 19.3. The van der Waals surface area contributed by atoms with Gasteiger partial charge in [0, 0.05) is 43.1 Å². The van der Waals surface area contributed by atoms with Crippen molar-refractivity contribution >= 4 is 87.2 Å². The maximum absolute atomic E-state index is 9.88. The molecular formula is C52H33N7. The predicted molar refractivity (Wildman–Crippen MR) is 242 cm³/mol. The Morgan fingerprint density at radius 3 is 1.14 bits per heavy atom. The molecule has 0 aliphatic carbocycles. The van der Waals surface area contributed by atoms with Gasteiger partial charge in [0.15, 0.2) is 0 Å². The lowest BCUT2D eigenvalue weighted by Crippen LogP contribution is -2.13. The Morgan fingerprint density at radius 2 is 0.661 bits per heavy atom. The number of aromatic nitrogens is 7. The Balaban J connectivity index is 1.39. The molecule has 0 aliphatic rings. The molecule has 0 N–H and O–H groups in total. The molecule has 0 saturated carbocycles. The molecule has 7 nitrogen and oxygen atoms in total. The number of hydrogen-bond acceptors (Lipinski definition) is 3. The first kappa shape index (κ1) is 14.7. The molecule has 276 valence electrons. The van der Waals surface area contributed by atoms with Gasteiger partial charge in [-0.3, -0.25) is 13.7 Å². The van der Waals surface area contributed by atoms with Gasteiger partial charge in [-0.05, 0) is 61.3 Å². The molecule has 0 spiro atoms. The van der Waals surface area contributed by atoms with Crippen molar-refractivity contribution in [3.63, 3.8) is 0 Å². The van der Waals surface area contributed by atoms with Gasteiger partial charge < -0.3 is 4.57 Å². The van der Waals surface area contributed by atoms with Gasteiger partial charge >= 0.3 is 0 Å². The van der Waals surface area contributed by atoms with Crippen molar-refractivity contribution in [3.8, 4) is 23.5 Å². The van der Waals surface area contributed by atoms with Gasteiger partial charge in [-0.15, -0.1) is 0 Å². The van der Waals surface area contributed by atoms with E-state index < -0.39 is 287 Å². The van der Waals surface area contributed by atoms with Gasteiger partial charge in [-0.1, -0.05) is 132 Å². The van der Waals surface area contributed by atoms with Crippen molar-refractivity contribution in [1.29, 1.82) is 0 Å². The smallest absolute Gasteiger partial charge is 0.241 e. The summed E-state index contributed by atoms with van der Waals surface area (Å²) in [4.78, 5) is 14.3. The van der Waals surface area contributed by atoms with Crippen molar-refractivity contribution < 1.29 is 41.1 Å².